The topological polar surface area (TPSA) is 76.2 Å². The summed E-state index contributed by atoms with van der Waals surface area (Å²) in [5.74, 6) is -1.21. The van der Waals surface area contributed by atoms with E-state index in [1.807, 2.05) is 24.0 Å². The van der Waals surface area contributed by atoms with Gasteiger partial charge in [0.25, 0.3) is 11.8 Å². The summed E-state index contributed by atoms with van der Waals surface area (Å²) in [5.41, 5.74) is 1.14. The van der Waals surface area contributed by atoms with Gasteiger partial charge >= 0.3 is 5.97 Å². The van der Waals surface area contributed by atoms with E-state index in [2.05, 4.69) is 0 Å². The molecule has 1 fully saturated rings. The van der Waals surface area contributed by atoms with Gasteiger partial charge in [-0.25, -0.2) is 9.69 Å². The van der Waals surface area contributed by atoms with Gasteiger partial charge in [-0.2, -0.15) is 0 Å². The number of carbonyl (C=O) groups is 3. The minimum Gasteiger partial charge on any atom is -0.462 e. The maximum atomic E-state index is 13.5. The van der Waals surface area contributed by atoms with Crippen molar-refractivity contribution in [3.05, 3.63) is 69.7 Å². The number of imide groups is 1. The van der Waals surface area contributed by atoms with Crippen LogP contribution >= 0.6 is 23.4 Å². The fraction of sp³-hybridized carbons (Fsp3) is 0.320. The van der Waals surface area contributed by atoms with Gasteiger partial charge in [0.15, 0.2) is 0 Å². The van der Waals surface area contributed by atoms with Crippen LogP contribution in [0.3, 0.4) is 0 Å². The molecule has 2 aliphatic rings. The summed E-state index contributed by atoms with van der Waals surface area (Å²) in [6, 6.07) is 13.5. The van der Waals surface area contributed by atoms with Crippen molar-refractivity contribution in [1.82, 2.24) is 4.90 Å². The minimum atomic E-state index is -0.426. The molecule has 0 N–H and O–H groups in total. The number of esters is 1. The van der Waals surface area contributed by atoms with Crippen molar-refractivity contribution in [1.29, 1.82) is 0 Å². The number of hydrogen-bond acceptors (Lipinski definition) is 7. The Morgan fingerprint density at radius 2 is 1.71 bits per heavy atom. The van der Waals surface area contributed by atoms with Crippen molar-refractivity contribution in [2.24, 2.45) is 0 Å². The summed E-state index contributed by atoms with van der Waals surface area (Å²) in [7, 11) is 0. The van der Waals surface area contributed by atoms with Crippen LogP contribution in [-0.2, 0) is 19.1 Å². The Morgan fingerprint density at radius 3 is 2.35 bits per heavy atom. The molecule has 9 heteroatoms. The molecule has 0 spiro atoms. The molecular formula is C25H25ClN2O5S. The van der Waals surface area contributed by atoms with Crippen LogP contribution < -0.4 is 4.90 Å². The number of hydrogen-bond donors (Lipinski definition) is 0. The van der Waals surface area contributed by atoms with Crippen molar-refractivity contribution >= 4 is 46.8 Å². The number of morpholine rings is 1. The van der Waals surface area contributed by atoms with E-state index >= 15 is 0 Å². The summed E-state index contributed by atoms with van der Waals surface area (Å²) in [6.45, 7) is 4.39. The Labute approximate surface area is 207 Å². The first-order valence-corrected chi connectivity index (χ1v) is 12.4. The highest BCUT2D eigenvalue weighted by molar-refractivity contribution is 8.04. The first-order valence-electron chi connectivity index (χ1n) is 11.2. The maximum absolute atomic E-state index is 13.5. The Morgan fingerprint density at radius 1 is 1.03 bits per heavy atom. The molecule has 2 aromatic carbocycles. The molecule has 2 heterocycles. The lowest BCUT2D eigenvalue weighted by Gasteiger charge is -2.29. The van der Waals surface area contributed by atoms with Gasteiger partial charge in [0.05, 0.1) is 31.1 Å². The van der Waals surface area contributed by atoms with Gasteiger partial charge in [-0.05, 0) is 55.0 Å². The fourth-order valence-electron chi connectivity index (χ4n) is 3.65. The van der Waals surface area contributed by atoms with Crippen LogP contribution in [0.25, 0.3) is 0 Å². The van der Waals surface area contributed by atoms with Gasteiger partial charge < -0.3 is 14.4 Å². The molecule has 2 aliphatic heterocycles. The number of anilines is 1. The second kappa shape index (κ2) is 11.1. The third kappa shape index (κ3) is 5.29. The minimum absolute atomic E-state index is 0.359. The molecule has 7 nitrogen and oxygen atoms in total. The number of rotatable bonds is 8. The molecule has 2 aromatic rings. The molecule has 0 atom stereocenters. The monoisotopic (exact) mass is 500 g/mol. The van der Waals surface area contributed by atoms with E-state index in [1.54, 1.807) is 36.4 Å². The van der Waals surface area contributed by atoms with Gasteiger partial charge in [0.1, 0.15) is 10.6 Å². The number of unbranched alkanes of at least 4 members (excludes halogenated alkanes) is 1. The van der Waals surface area contributed by atoms with Gasteiger partial charge in [0.2, 0.25) is 0 Å². The fourth-order valence-corrected chi connectivity index (χ4v) is 4.78. The lowest BCUT2D eigenvalue weighted by Crippen LogP contribution is -2.40. The van der Waals surface area contributed by atoms with E-state index in [0.29, 0.717) is 59.8 Å². The van der Waals surface area contributed by atoms with E-state index < -0.39 is 11.9 Å². The largest absolute Gasteiger partial charge is 0.462 e. The van der Waals surface area contributed by atoms with Crippen molar-refractivity contribution in [3.63, 3.8) is 0 Å². The Hall–Kier alpha value is -2.81. The van der Waals surface area contributed by atoms with E-state index in [4.69, 9.17) is 21.1 Å². The number of carbonyl (C=O) groups excluding carboxylic acids is 3. The number of thioether (sulfide) groups is 1. The zero-order valence-corrected chi connectivity index (χ0v) is 20.4. The van der Waals surface area contributed by atoms with E-state index in [-0.39, 0.29) is 5.91 Å². The smallest absolute Gasteiger partial charge is 0.338 e. The maximum Gasteiger partial charge on any atom is 0.338 e. The third-order valence-corrected chi connectivity index (χ3v) is 6.80. The Balaban J connectivity index is 1.60. The number of amides is 2. The average molecular weight is 501 g/mol. The zero-order chi connectivity index (χ0) is 24.1. The lowest BCUT2D eigenvalue weighted by molar-refractivity contribution is -0.121. The van der Waals surface area contributed by atoms with Crippen LogP contribution in [0, 0.1) is 0 Å². The molecule has 1 saturated heterocycles. The SMILES string of the molecule is CCCCOC(=O)c1ccc(N2C(=O)C(Sc3ccc(Cl)cc3)=C(N3CCOCC3)C2=O)cc1. The Bertz CT molecular complexity index is 1100. The molecule has 178 valence electrons. The average Bonchev–Trinajstić information content (AvgIpc) is 3.10. The predicted molar refractivity (Wildman–Crippen MR) is 131 cm³/mol. The molecule has 0 radical (unpaired) electrons. The van der Waals surface area contributed by atoms with Crippen molar-refractivity contribution in [3.8, 4) is 0 Å². The quantitative estimate of drug-likeness (QED) is 0.300. The highest BCUT2D eigenvalue weighted by Crippen LogP contribution is 2.39. The molecule has 0 aliphatic carbocycles. The highest BCUT2D eigenvalue weighted by Gasteiger charge is 2.42. The second-order valence-electron chi connectivity index (χ2n) is 7.82. The number of nitrogens with zero attached hydrogens (tertiary/aromatic N) is 2. The standard InChI is InChI=1S/C25H25ClN2O5S/c1-2-3-14-33-25(31)17-4-8-19(9-5-17)28-23(29)21(27-12-15-32-16-13-27)22(24(28)30)34-20-10-6-18(26)7-11-20/h4-11H,2-3,12-16H2,1H3. The number of benzene rings is 2. The molecule has 0 saturated carbocycles. The molecule has 34 heavy (non-hydrogen) atoms. The molecule has 0 unspecified atom stereocenters. The summed E-state index contributed by atoms with van der Waals surface area (Å²) < 4.78 is 10.7. The summed E-state index contributed by atoms with van der Waals surface area (Å²) in [6.07, 6.45) is 1.73. The third-order valence-electron chi connectivity index (χ3n) is 5.47. The van der Waals surface area contributed by atoms with E-state index in [1.165, 1.54) is 11.8 Å². The van der Waals surface area contributed by atoms with Crippen molar-refractivity contribution in [2.45, 2.75) is 24.7 Å². The van der Waals surface area contributed by atoms with Gasteiger partial charge in [-0.3, -0.25) is 9.59 Å². The van der Waals surface area contributed by atoms with Crippen molar-refractivity contribution in [2.75, 3.05) is 37.8 Å². The molecule has 2 amide bonds. The van der Waals surface area contributed by atoms with Crippen LogP contribution in [0.2, 0.25) is 5.02 Å². The molecular weight excluding hydrogens is 476 g/mol. The van der Waals surface area contributed by atoms with E-state index in [9.17, 15) is 14.4 Å². The van der Waals surface area contributed by atoms with Crippen LogP contribution in [-0.4, -0.2) is 55.6 Å². The normalized spacial score (nSPS) is 16.4. The highest BCUT2D eigenvalue weighted by atomic mass is 35.5. The first kappa shape index (κ1) is 24.3. The van der Waals surface area contributed by atoms with Gasteiger partial charge in [0, 0.05) is 23.0 Å². The molecule has 0 bridgehead atoms. The number of ether oxygens (including phenoxy) is 2. The summed E-state index contributed by atoms with van der Waals surface area (Å²) in [4.78, 5) is 43.4. The van der Waals surface area contributed by atoms with Crippen LogP contribution in [0.1, 0.15) is 30.1 Å². The predicted octanol–water partition coefficient (Wildman–Crippen LogP) is 4.51. The Kier molecular flexibility index (Phi) is 7.92. The zero-order valence-electron chi connectivity index (χ0n) is 18.8. The van der Waals surface area contributed by atoms with Crippen LogP contribution in [0.5, 0.6) is 0 Å². The van der Waals surface area contributed by atoms with Crippen LogP contribution in [0.15, 0.2) is 64.0 Å². The number of halogens is 1. The van der Waals surface area contributed by atoms with E-state index in [0.717, 1.165) is 22.6 Å². The summed E-state index contributed by atoms with van der Waals surface area (Å²) in [5, 5.41) is 0.593. The lowest BCUT2D eigenvalue weighted by atomic mass is 10.2. The van der Waals surface area contributed by atoms with Crippen LogP contribution in [0.4, 0.5) is 5.69 Å². The first-order chi connectivity index (χ1) is 16.5. The van der Waals surface area contributed by atoms with Gasteiger partial charge in [-0.15, -0.1) is 0 Å². The molecule has 4 rings (SSSR count). The van der Waals surface area contributed by atoms with Gasteiger partial charge in [-0.1, -0.05) is 36.7 Å². The second-order valence-corrected chi connectivity index (χ2v) is 9.34. The molecule has 0 aromatic heterocycles. The van der Waals surface area contributed by atoms with Crippen molar-refractivity contribution < 1.29 is 23.9 Å². The summed E-state index contributed by atoms with van der Waals surface area (Å²) >= 11 is 7.24.